The van der Waals surface area contributed by atoms with Crippen molar-refractivity contribution in [3.05, 3.63) is 58.9 Å². The number of benzene rings is 2. The Morgan fingerprint density at radius 3 is 2.67 bits per heavy atom. The largest absolute Gasteiger partial charge is 0.258 e. The highest BCUT2D eigenvalue weighted by atomic mass is 19.1. The van der Waals surface area contributed by atoms with E-state index in [1.54, 1.807) is 13.9 Å². The van der Waals surface area contributed by atoms with Gasteiger partial charge in [0.05, 0.1) is 5.69 Å². The summed E-state index contributed by atoms with van der Waals surface area (Å²) in [6, 6.07) is 12.1. The molecule has 0 aliphatic rings. The Kier molecular flexibility index (Phi) is 6.36. The van der Waals surface area contributed by atoms with Crippen molar-refractivity contribution >= 4 is 24.7 Å². The summed E-state index contributed by atoms with van der Waals surface area (Å²) in [5.41, 5.74) is 6.37. The Hall–Kier alpha value is -1.90. The van der Waals surface area contributed by atoms with Gasteiger partial charge in [0.25, 0.3) is 0 Å². The van der Waals surface area contributed by atoms with Gasteiger partial charge in [0.15, 0.2) is 0 Å². The molecule has 2 rings (SSSR count). The van der Waals surface area contributed by atoms with Crippen LogP contribution in [-0.4, -0.2) is 13.6 Å². The average molecular weight is 323 g/mol. The minimum Gasteiger partial charge on any atom is -0.258 e. The predicted molar refractivity (Wildman–Crippen MR) is 106 cm³/mol. The molecule has 2 aromatic carbocycles. The van der Waals surface area contributed by atoms with Crippen LogP contribution >= 0.6 is 0 Å². The minimum atomic E-state index is -0.183. The molecule has 0 aromatic heterocycles. The summed E-state index contributed by atoms with van der Waals surface area (Å²) in [7, 11) is 1.79. The molecule has 1 nitrogen and oxygen atoms in total. The zero-order valence-electron chi connectivity index (χ0n) is 15.5. The molecule has 0 saturated carbocycles. The van der Waals surface area contributed by atoms with E-state index in [0.29, 0.717) is 11.4 Å². The highest BCUT2D eigenvalue weighted by molar-refractivity contribution is 6.32. The van der Waals surface area contributed by atoms with Gasteiger partial charge in [0.1, 0.15) is 13.7 Å². The molecule has 0 bridgehead atoms. The molecule has 0 spiro atoms. The fraction of sp³-hybridized carbons (Fsp3) is 0.381. The molecule has 0 amide bonds. The third kappa shape index (κ3) is 4.56. The van der Waals surface area contributed by atoms with Gasteiger partial charge in [-0.05, 0) is 61.8 Å². The van der Waals surface area contributed by atoms with Gasteiger partial charge in [-0.15, -0.1) is 0 Å². The Bertz CT molecular complexity index is 737. The smallest absolute Gasteiger partial charge is 0.143 e. The van der Waals surface area contributed by atoms with Crippen LogP contribution in [0.3, 0.4) is 0 Å². The van der Waals surface area contributed by atoms with Crippen LogP contribution < -0.4 is 5.46 Å². The number of hydrogen-bond donors (Lipinski definition) is 0. The maximum atomic E-state index is 13.8. The van der Waals surface area contributed by atoms with Crippen LogP contribution in [0.15, 0.2) is 41.4 Å². The van der Waals surface area contributed by atoms with E-state index in [2.05, 4.69) is 43.1 Å². The second-order valence-corrected chi connectivity index (χ2v) is 6.73. The molecule has 1 atom stereocenters. The van der Waals surface area contributed by atoms with Crippen molar-refractivity contribution in [3.8, 4) is 0 Å². The summed E-state index contributed by atoms with van der Waals surface area (Å²) >= 11 is 0. The van der Waals surface area contributed by atoms with Gasteiger partial charge in [0, 0.05) is 5.71 Å². The molecule has 24 heavy (non-hydrogen) atoms. The first-order valence-corrected chi connectivity index (χ1v) is 8.81. The van der Waals surface area contributed by atoms with Gasteiger partial charge in [0.2, 0.25) is 0 Å². The van der Waals surface area contributed by atoms with Gasteiger partial charge in [-0.2, -0.15) is 0 Å². The quantitative estimate of drug-likeness (QED) is 0.543. The van der Waals surface area contributed by atoms with Crippen molar-refractivity contribution < 1.29 is 4.39 Å². The van der Waals surface area contributed by atoms with Crippen LogP contribution in [-0.2, 0) is 6.42 Å². The van der Waals surface area contributed by atoms with Crippen LogP contribution in [0.5, 0.6) is 0 Å². The highest BCUT2D eigenvalue weighted by Gasteiger charge is 2.10. The molecule has 0 N–H and O–H groups in total. The summed E-state index contributed by atoms with van der Waals surface area (Å²) in [6.07, 6.45) is 3.04. The normalized spacial score (nSPS) is 13.1. The maximum absolute atomic E-state index is 13.8. The number of aliphatic imine (C=N–C) groups is 1. The molecule has 1 unspecified atom stereocenters. The molecular formula is C21H27BFN. The third-order valence-corrected chi connectivity index (χ3v) is 4.69. The van der Waals surface area contributed by atoms with E-state index in [1.165, 1.54) is 11.1 Å². The zero-order valence-corrected chi connectivity index (χ0v) is 15.5. The average Bonchev–Trinajstić information content (AvgIpc) is 2.57. The van der Waals surface area contributed by atoms with Gasteiger partial charge in [-0.3, -0.25) is 4.99 Å². The van der Waals surface area contributed by atoms with Crippen LogP contribution in [0.4, 0.5) is 10.1 Å². The first-order valence-electron chi connectivity index (χ1n) is 8.81. The van der Waals surface area contributed by atoms with Gasteiger partial charge < -0.3 is 0 Å². The van der Waals surface area contributed by atoms with E-state index >= 15 is 0 Å². The molecule has 0 heterocycles. The lowest BCUT2D eigenvalue weighted by molar-refractivity contribution is 0.636. The minimum absolute atomic E-state index is 0.183. The maximum Gasteiger partial charge on any atom is 0.143 e. The number of hydrogen-bond acceptors (Lipinski definition) is 1. The summed E-state index contributed by atoms with van der Waals surface area (Å²) in [4.78, 5) is 4.65. The molecule has 0 saturated heterocycles. The molecule has 0 fully saturated rings. The third-order valence-electron chi connectivity index (χ3n) is 4.69. The van der Waals surface area contributed by atoms with E-state index in [0.717, 1.165) is 36.2 Å². The molecule has 126 valence electrons. The first kappa shape index (κ1) is 18.4. The van der Waals surface area contributed by atoms with Crippen LogP contribution in [0.25, 0.3) is 0 Å². The fourth-order valence-corrected chi connectivity index (χ4v) is 3.12. The van der Waals surface area contributed by atoms with Crippen LogP contribution in [0, 0.1) is 12.7 Å². The topological polar surface area (TPSA) is 12.4 Å². The first-order chi connectivity index (χ1) is 11.4. The number of aryl methyl sites for hydroxylation is 2. The molecule has 3 heteroatoms. The van der Waals surface area contributed by atoms with E-state index in [4.69, 9.17) is 0 Å². The second kappa shape index (κ2) is 8.28. The molecule has 0 radical (unpaired) electrons. The summed E-state index contributed by atoms with van der Waals surface area (Å²) < 4.78 is 13.8. The lowest BCUT2D eigenvalue weighted by Crippen LogP contribution is -2.08. The van der Waals surface area contributed by atoms with Gasteiger partial charge >= 0.3 is 0 Å². The van der Waals surface area contributed by atoms with E-state index in [1.807, 2.05) is 19.9 Å². The summed E-state index contributed by atoms with van der Waals surface area (Å²) in [6.45, 7) is 8.50. The summed E-state index contributed by atoms with van der Waals surface area (Å²) in [5, 5.41) is 0. The Morgan fingerprint density at radius 1 is 1.25 bits per heavy atom. The fourth-order valence-electron chi connectivity index (χ4n) is 3.12. The lowest BCUT2D eigenvalue weighted by atomic mass is 9.90. The predicted octanol–water partition coefficient (Wildman–Crippen LogP) is 4.63. The highest BCUT2D eigenvalue weighted by Crippen LogP contribution is 2.26. The Balaban J connectivity index is 2.07. The van der Waals surface area contributed by atoms with Crippen LogP contribution in [0.1, 0.15) is 56.2 Å². The molecule has 0 aliphatic heterocycles. The molecule has 2 aromatic rings. The zero-order chi connectivity index (χ0) is 17.7. The van der Waals surface area contributed by atoms with E-state index < -0.39 is 0 Å². The Morgan fingerprint density at radius 2 is 1.96 bits per heavy atom. The van der Waals surface area contributed by atoms with Crippen molar-refractivity contribution in [2.75, 3.05) is 0 Å². The number of rotatable bonds is 6. The Labute approximate surface area is 146 Å². The van der Waals surface area contributed by atoms with E-state index in [9.17, 15) is 4.39 Å². The SMILES string of the molecule is Bc1cc(C)c(/N=C(\C)CCC(C)c2ccccc2CC)cc1F. The second-order valence-electron chi connectivity index (χ2n) is 6.73. The van der Waals surface area contributed by atoms with Gasteiger partial charge in [-0.1, -0.05) is 49.6 Å². The van der Waals surface area contributed by atoms with Crippen molar-refractivity contribution in [1.82, 2.24) is 0 Å². The summed E-state index contributed by atoms with van der Waals surface area (Å²) in [5.74, 6) is 0.319. The number of nitrogens with zero attached hydrogens (tertiary/aromatic N) is 1. The standard InChI is InChI=1S/C21H27BFN/c1-5-17-8-6-7-9-18(17)14(2)10-11-16(4)24-21-13-20(23)19(22)12-15(21)3/h6-9,12-14H,5,10-11,22H2,1-4H3/b24-16+. The molecule has 0 aliphatic carbocycles. The van der Waals surface area contributed by atoms with E-state index in [-0.39, 0.29) is 5.82 Å². The van der Waals surface area contributed by atoms with Crippen LogP contribution in [0.2, 0.25) is 0 Å². The molecular weight excluding hydrogens is 296 g/mol. The van der Waals surface area contributed by atoms with Crippen molar-refractivity contribution in [1.29, 1.82) is 0 Å². The van der Waals surface area contributed by atoms with Gasteiger partial charge in [-0.25, -0.2) is 4.39 Å². The monoisotopic (exact) mass is 323 g/mol. The van der Waals surface area contributed by atoms with Crippen molar-refractivity contribution in [2.45, 2.75) is 52.9 Å². The van der Waals surface area contributed by atoms with Crippen molar-refractivity contribution in [3.63, 3.8) is 0 Å². The van der Waals surface area contributed by atoms with Crippen molar-refractivity contribution in [2.24, 2.45) is 4.99 Å². The number of halogens is 1. The lowest BCUT2D eigenvalue weighted by Gasteiger charge is -2.16.